The minimum Gasteiger partial charge on any atom is -0.381 e. The smallest absolute Gasteiger partial charge is 0.0484 e. The van der Waals surface area contributed by atoms with Gasteiger partial charge in [-0.2, -0.15) is 11.3 Å². The van der Waals surface area contributed by atoms with Crippen LogP contribution in [0.2, 0.25) is 0 Å². The molecule has 1 aliphatic rings. The second-order valence-corrected chi connectivity index (χ2v) is 5.06. The van der Waals surface area contributed by atoms with Crippen molar-refractivity contribution in [3.8, 4) is 0 Å². The number of alkyl halides is 1. The predicted molar refractivity (Wildman–Crippen MR) is 64.7 cm³/mol. The van der Waals surface area contributed by atoms with Crippen LogP contribution in [0.15, 0.2) is 16.8 Å². The Morgan fingerprint density at radius 2 is 2.27 bits per heavy atom. The molecular weight excluding hydrogens is 230 g/mol. The third-order valence-corrected chi connectivity index (χ3v) is 4.20. The van der Waals surface area contributed by atoms with Gasteiger partial charge in [-0.05, 0) is 35.2 Å². The van der Waals surface area contributed by atoms with Crippen molar-refractivity contribution in [3.63, 3.8) is 0 Å². The highest BCUT2D eigenvalue weighted by atomic mass is 35.5. The topological polar surface area (TPSA) is 21.3 Å². The monoisotopic (exact) mass is 245 g/mol. The molecule has 0 unspecified atom stereocenters. The quantitative estimate of drug-likeness (QED) is 0.824. The van der Waals surface area contributed by atoms with Gasteiger partial charge in [-0.25, -0.2) is 0 Å². The van der Waals surface area contributed by atoms with Crippen LogP contribution in [-0.2, 0) is 11.3 Å². The Labute approximate surface area is 99.6 Å². The van der Waals surface area contributed by atoms with E-state index >= 15 is 0 Å². The van der Waals surface area contributed by atoms with Gasteiger partial charge in [0.1, 0.15) is 0 Å². The first-order chi connectivity index (χ1) is 7.35. The van der Waals surface area contributed by atoms with Gasteiger partial charge in [-0.1, -0.05) is 0 Å². The van der Waals surface area contributed by atoms with Gasteiger partial charge < -0.3 is 10.1 Å². The Kier molecular flexibility index (Phi) is 4.03. The highest BCUT2D eigenvalue weighted by Crippen LogP contribution is 2.23. The molecule has 2 rings (SSSR count). The third kappa shape index (κ3) is 2.94. The van der Waals surface area contributed by atoms with Crippen molar-refractivity contribution in [1.29, 1.82) is 0 Å². The first-order valence-electron chi connectivity index (χ1n) is 5.24. The molecule has 1 aliphatic heterocycles. The van der Waals surface area contributed by atoms with Gasteiger partial charge in [0, 0.05) is 31.2 Å². The van der Waals surface area contributed by atoms with E-state index in [2.05, 4.69) is 22.1 Å². The van der Waals surface area contributed by atoms with E-state index in [0.717, 1.165) is 32.6 Å². The van der Waals surface area contributed by atoms with Gasteiger partial charge in [0.05, 0.1) is 0 Å². The van der Waals surface area contributed by atoms with Crippen LogP contribution in [0.5, 0.6) is 0 Å². The van der Waals surface area contributed by atoms with Crippen LogP contribution in [0.4, 0.5) is 0 Å². The molecule has 1 saturated heterocycles. The maximum Gasteiger partial charge on any atom is 0.0484 e. The first-order valence-corrected chi connectivity index (χ1v) is 6.72. The zero-order valence-corrected chi connectivity index (χ0v) is 10.2. The lowest BCUT2D eigenvalue weighted by atomic mass is 9.92. The Bertz CT molecular complexity index is 283. The maximum absolute atomic E-state index is 6.06. The molecule has 0 spiro atoms. The van der Waals surface area contributed by atoms with Crippen LogP contribution in [0, 0.1) is 0 Å². The standard InChI is InChI=1S/C11H16ClNOS/c12-9-11(2-4-14-5-3-11)13-7-10-1-6-15-8-10/h1,6,8,13H,2-5,7,9H2. The molecule has 0 aromatic carbocycles. The second-order valence-electron chi connectivity index (χ2n) is 4.01. The van der Waals surface area contributed by atoms with Crippen LogP contribution in [-0.4, -0.2) is 24.6 Å². The van der Waals surface area contributed by atoms with Crippen molar-refractivity contribution in [3.05, 3.63) is 22.4 Å². The molecule has 2 heterocycles. The summed E-state index contributed by atoms with van der Waals surface area (Å²) in [7, 11) is 0. The molecule has 0 bridgehead atoms. The fourth-order valence-corrected chi connectivity index (χ4v) is 2.83. The average molecular weight is 246 g/mol. The molecule has 0 atom stereocenters. The van der Waals surface area contributed by atoms with Crippen LogP contribution in [0.3, 0.4) is 0 Å². The summed E-state index contributed by atoms with van der Waals surface area (Å²) in [6.45, 7) is 2.56. The SMILES string of the molecule is ClCC1(NCc2ccsc2)CCOCC1. The molecule has 2 nitrogen and oxygen atoms in total. The molecule has 1 N–H and O–H groups in total. The summed E-state index contributed by atoms with van der Waals surface area (Å²) < 4.78 is 5.37. The lowest BCUT2D eigenvalue weighted by Crippen LogP contribution is -2.50. The Hall–Kier alpha value is -0.0900. The summed E-state index contributed by atoms with van der Waals surface area (Å²) >= 11 is 7.80. The van der Waals surface area contributed by atoms with Gasteiger partial charge in [-0.15, -0.1) is 11.6 Å². The van der Waals surface area contributed by atoms with Crippen LogP contribution < -0.4 is 5.32 Å². The molecule has 4 heteroatoms. The first kappa shape index (κ1) is 11.4. The fraction of sp³-hybridized carbons (Fsp3) is 0.636. The van der Waals surface area contributed by atoms with Gasteiger partial charge in [0.2, 0.25) is 0 Å². The highest BCUT2D eigenvalue weighted by molar-refractivity contribution is 7.07. The lowest BCUT2D eigenvalue weighted by Gasteiger charge is -2.36. The molecule has 15 heavy (non-hydrogen) atoms. The Morgan fingerprint density at radius 1 is 1.47 bits per heavy atom. The zero-order valence-electron chi connectivity index (χ0n) is 8.67. The molecule has 0 saturated carbocycles. The van der Waals surface area contributed by atoms with E-state index in [4.69, 9.17) is 16.3 Å². The minimum absolute atomic E-state index is 0.0851. The summed E-state index contributed by atoms with van der Waals surface area (Å²) in [4.78, 5) is 0. The fourth-order valence-electron chi connectivity index (χ4n) is 1.80. The molecule has 0 radical (unpaired) electrons. The van der Waals surface area contributed by atoms with E-state index < -0.39 is 0 Å². The van der Waals surface area contributed by atoms with Crippen molar-refractivity contribution in [2.75, 3.05) is 19.1 Å². The largest absolute Gasteiger partial charge is 0.381 e. The van der Waals surface area contributed by atoms with E-state index in [0.29, 0.717) is 5.88 Å². The second kappa shape index (κ2) is 5.30. The molecular formula is C11H16ClNOS. The Balaban J connectivity index is 1.89. The number of halogens is 1. The number of hydrogen-bond acceptors (Lipinski definition) is 3. The van der Waals surface area contributed by atoms with E-state index in [1.807, 2.05) is 0 Å². The molecule has 84 valence electrons. The van der Waals surface area contributed by atoms with E-state index in [1.165, 1.54) is 5.56 Å². The van der Waals surface area contributed by atoms with Gasteiger partial charge in [0.15, 0.2) is 0 Å². The molecule has 1 fully saturated rings. The van der Waals surface area contributed by atoms with E-state index in [-0.39, 0.29) is 5.54 Å². The number of ether oxygens (including phenoxy) is 1. The summed E-state index contributed by atoms with van der Waals surface area (Å²) in [6.07, 6.45) is 2.03. The summed E-state index contributed by atoms with van der Waals surface area (Å²) in [5.74, 6) is 0.667. The van der Waals surface area contributed by atoms with Crippen LogP contribution in [0.1, 0.15) is 18.4 Å². The van der Waals surface area contributed by atoms with E-state index in [1.54, 1.807) is 11.3 Å². The van der Waals surface area contributed by atoms with E-state index in [9.17, 15) is 0 Å². The highest BCUT2D eigenvalue weighted by Gasteiger charge is 2.30. The molecule has 0 amide bonds. The zero-order chi connectivity index (χ0) is 10.6. The molecule has 1 aromatic rings. The summed E-state index contributed by atoms with van der Waals surface area (Å²) in [6, 6.07) is 2.15. The summed E-state index contributed by atoms with van der Waals surface area (Å²) in [5, 5.41) is 7.86. The number of nitrogens with one attached hydrogen (secondary N) is 1. The lowest BCUT2D eigenvalue weighted by molar-refractivity contribution is 0.0459. The minimum atomic E-state index is 0.0851. The number of rotatable bonds is 4. The van der Waals surface area contributed by atoms with Crippen molar-refractivity contribution in [2.24, 2.45) is 0 Å². The van der Waals surface area contributed by atoms with Gasteiger partial charge >= 0.3 is 0 Å². The number of thiophene rings is 1. The predicted octanol–water partition coefficient (Wildman–Crippen LogP) is 2.63. The maximum atomic E-state index is 6.06. The summed E-state index contributed by atoms with van der Waals surface area (Å²) in [5.41, 5.74) is 1.43. The van der Waals surface area contributed by atoms with Crippen molar-refractivity contribution < 1.29 is 4.74 Å². The Morgan fingerprint density at radius 3 is 2.87 bits per heavy atom. The third-order valence-electron chi connectivity index (χ3n) is 2.95. The normalized spacial score (nSPS) is 20.3. The number of hydrogen-bond donors (Lipinski definition) is 1. The molecule has 1 aromatic heterocycles. The van der Waals surface area contributed by atoms with Crippen LogP contribution >= 0.6 is 22.9 Å². The van der Waals surface area contributed by atoms with Gasteiger partial charge in [-0.3, -0.25) is 0 Å². The molecule has 0 aliphatic carbocycles. The average Bonchev–Trinajstić information content (AvgIpc) is 2.81. The van der Waals surface area contributed by atoms with Gasteiger partial charge in [0.25, 0.3) is 0 Å². The van der Waals surface area contributed by atoms with Crippen LogP contribution in [0.25, 0.3) is 0 Å². The van der Waals surface area contributed by atoms with Crippen molar-refractivity contribution >= 4 is 22.9 Å². The van der Waals surface area contributed by atoms with Crippen molar-refractivity contribution in [2.45, 2.75) is 24.9 Å². The van der Waals surface area contributed by atoms with Crippen molar-refractivity contribution in [1.82, 2.24) is 5.32 Å².